The van der Waals surface area contributed by atoms with E-state index in [0.717, 1.165) is 5.08 Å². The molecule has 0 radical (unpaired) electrons. The summed E-state index contributed by atoms with van der Waals surface area (Å²) in [6.45, 7) is 0. The molecule has 12 heavy (non-hydrogen) atoms. The van der Waals surface area contributed by atoms with Gasteiger partial charge in [0.2, 0.25) is 0 Å². The lowest BCUT2D eigenvalue weighted by molar-refractivity contribution is 1.47. The molecule has 0 aliphatic heterocycles. The van der Waals surface area contributed by atoms with Gasteiger partial charge >= 0.3 is 0 Å². The van der Waals surface area contributed by atoms with E-state index in [0.29, 0.717) is 10.0 Å². The fraction of sp³-hybridized carbons (Fsp3) is 0.250. The Kier molecular flexibility index (Phi) is 4.65. The Morgan fingerprint density at radius 1 is 1.25 bits per heavy atom. The van der Waals surface area contributed by atoms with Crippen LogP contribution in [0.2, 0.25) is 10.0 Å². The SMILES string of the molecule is CSCSc1ccc(Cl)c(Cl)c1. The maximum absolute atomic E-state index is 5.84. The highest BCUT2D eigenvalue weighted by Crippen LogP contribution is 2.28. The molecule has 0 N–H and O–H groups in total. The molecule has 0 saturated heterocycles. The van der Waals surface area contributed by atoms with E-state index < -0.39 is 0 Å². The van der Waals surface area contributed by atoms with Gasteiger partial charge < -0.3 is 0 Å². The Balaban J connectivity index is 2.69. The highest BCUT2D eigenvalue weighted by Gasteiger charge is 1.98. The molecule has 0 saturated carbocycles. The van der Waals surface area contributed by atoms with Crippen LogP contribution in [0.3, 0.4) is 0 Å². The standard InChI is InChI=1S/C8H8Cl2S2/c1-11-5-12-6-2-3-7(9)8(10)4-6/h2-4H,5H2,1H3. The molecule has 4 heteroatoms. The van der Waals surface area contributed by atoms with E-state index in [1.165, 1.54) is 4.90 Å². The van der Waals surface area contributed by atoms with E-state index in [-0.39, 0.29) is 0 Å². The molecule has 66 valence electrons. The van der Waals surface area contributed by atoms with E-state index >= 15 is 0 Å². The Hall–Kier alpha value is 0.500. The quantitative estimate of drug-likeness (QED) is 0.566. The van der Waals surface area contributed by atoms with Crippen LogP contribution in [0.25, 0.3) is 0 Å². The van der Waals surface area contributed by atoms with Crippen molar-refractivity contribution in [1.29, 1.82) is 0 Å². The molecule has 0 amide bonds. The summed E-state index contributed by atoms with van der Waals surface area (Å²) < 4.78 is 0. The molecule has 0 aromatic heterocycles. The Morgan fingerprint density at radius 3 is 2.58 bits per heavy atom. The van der Waals surface area contributed by atoms with Crippen LogP contribution in [-0.2, 0) is 0 Å². The molecule has 0 heterocycles. The minimum atomic E-state index is 0.616. The van der Waals surface area contributed by atoms with Crippen molar-refractivity contribution in [2.24, 2.45) is 0 Å². The maximum Gasteiger partial charge on any atom is 0.0603 e. The lowest BCUT2D eigenvalue weighted by Crippen LogP contribution is -1.74. The van der Waals surface area contributed by atoms with E-state index in [2.05, 4.69) is 6.26 Å². The van der Waals surface area contributed by atoms with E-state index in [1.54, 1.807) is 23.5 Å². The minimum Gasteiger partial charge on any atom is -0.154 e. The molecule has 0 aliphatic rings. The topological polar surface area (TPSA) is 0 Å². The van der Waals surface area contributed by atoms with Crippen LogP contribution < -0.4 is 0 Å². The molecular formula is C8H8Cl2S2. The average Bonchev–Trinajstić information content (AvgIpc) is 2.07. The summed E-state index contributed by atoms with van der Waals surface area (Å²) >= 11 is 15.2. The maximum atomic E-state index is 5.84. The first-order chi connectivity index (χ1) is 5.74. The van der Waals surface area contributed by atoms with Gasteiger partial charge in [0.05, 0.1) is 10.0 Å². The first-order valence-corrected chi connectivity index (χ1v) is 6.44. The summed E-state index contributed by atoms with van der Waals surface area (Å²) in [5.74, 6) is 0. The molecule has 0 bridgehead atoms. The van der Waals surface area contributed by atoms with Gasteiger partial charge in [0, 0.05) is 9.98 Å². The summed E-state index contributed by atoms with van der Waals surface area (Å²) in [6, 6.07) is 5.70. The van der Waals surface area contributed by atoms with Crippen molar-refractivity contribution >= 4 is 46.7 Å². The van der Waals surface area contributed by atoms with Crippen LogP contribution in [-0.4, -0.2) is 11.3 Å². The molecule has 0 fully saturated rings. The van der Waals surface area contributed by atoms with Gasteiger partial charge in [-0.3, -0.25) is 0 Å². The molecule has 0 unspecified atom stereocenters. The fourth-order valence-electron chi connectivity index (χ4n) is 0.694. The van der Waals surface area contributed by atoms with Gasteiger partial charge in [-0.25, -0.2) is 0 Å². The van der Waals surface area contributed by atoms with Crippen LogP contribution in [0.15, 0.2) is 23.1 Å². The first kappa shape index (κ1) is 10.6. The van der Waals surface area contributed by atoms with E-state index in [1.807, 2.05) is 18.2 Å². The summed E-state index contributed by atoms with van der Waals surface area (Å²) in [6.07, 6.45) is 2.07. The second-order valence-electron chi connectivity index (χ2n) is 2.13. The number of thioether (sulfide) groups is 2. The average molecular weight is 239 g/mol. The second-order valence-corrected chi connectivity index (χ2v) is 5.22. The van der Waals surface area contributed by atoms with Gasteiger partial charge in [-0.1, -0.05) is 23.2 Å². The van der Waals surface area contributed by atoms with Crippen LogP contribution in [0.5, 0.6) is 0 Å². The molecule has 1 aromatic carbocycles. The largest absolute Gasteiger partial charge is 0.154 e. The summed E-state index contributed by atoms with van der Waals surface area (Å²) in [5.41, 5.74) is 0. The Labute approximate surface area is 91.0 Å². The molecule has 0 aliphatic carbocycles. The zero-order valence-corrected chi connectivity index (χ0v) is 9.66. The fourth-order valence-corrected chi connectivity index (χ4v) is 2.44. The molecule has 0 spiro atoms. The smallest absolute Gasteiger partial charge is 0.0603 e. The summed E-state index contributed by atoms with van der Waals surface area (Å²) in [7, 11) is 0. The van der Waals surface area contributed by atoms with Crippen LogP contribution in [0, 0.1) is 0 Å². The van der Waals surface area contributed by atoms with Crippen molar-refractivity contribution in [3.8, 4) is 0 Å². The summed E-state index contributed by atoms with van der Waals surface area (Å²) in [4.78, 5) is 1.17. The Bertz CT molecular complexity index is 263. The number of rotatable bonds is 3. The minimum absolute atomic E-state index is 0.616. The van der Waals surface area contributed by atoms with E-state index in [9.17, 15) is 0 Å². The van der Waals surface area contributed by atoms with Crippen molar-refractivity contribution in [1.82, 2.24) is 0 Å². The molecule has 1 rings (SSSR count). The van der Waals surface area contributed by atoms with Gasteiger partial charge in [0.1, 0.15) is 0 Å². The van der Waals surface area contributed by atoms with Crippen molar-refractivity contribution in [2.45, 2.75) is 4.90 Å². The third-order valence-corrected chi connectivity index (χ3v) is 3.98. The lowest BCUT2D eigenvalue weighted by atomic mass is 10.4. The van der Waals surface area contributed by atoms with Gasteiger partial charge in [0.15, 0.2) is 0 Å². The molecule has 0 nitrogen and oxygen atoms in total. The molecular weight excluding hydrogens is 231 g/mol. The number of hydrogen-bond acceptors (Lipinski definition) is 2. The van der Waals surface area contributed by atoms with Crippen molar-refractivity contribution in [3.63, 3.8) is 0 Å². The normalized spacial score (nSPS) is 10.2. The van der Waals surface area contributed by atoms with Gasteiger partial charge in [-0.2, -0.15) is 11.8 Å². The highest BCUT2D eigenvalue weighted by atomic mass is 35.5. The zero-order chi connectivity index (χ0) is 8.97. The highest BCUT2D eigenvalue weighted by molar-refractivity contribution is 8.15. The van der Waals surface area contributed by atoms with Crippen molar-refractivity contribution in [2.75, 3.05) is 11.3 Å². The predicted octanol–water partition coefficient (Wildman–Crippen LogP) is 4.41. The third-order valence-electron chi connectivity index (χ3n) is 1.23. The number of benzene rings is 1. The number of hydrogen-bond donors (Lipinski definition) is 0. The monoisotopic (exact) mass is 238 g/mol. The van der Waals surface area contributed by atoms with Crippen molar-refractivity contribution in [3.05, 3.63) is 28.2 Å². The zero-order valence-electron chi connectivity index (χ0n) is 6.51. The molecule has 1 aromatic rings. The van der Waals surface area contributed by atoms with Gasteiger partial charge in [-0.15, -0.1) is 11.8 Å². The van der Waals surface area contributed by atoms with Gasteiger partial charge in [-0.05, 0) is 24.5 Å². The van der Waals surface area contributed by atoms with Gasteiger partial charge in [0.25, 0.3) is 0 Å². The number of halogens is 2. The first-order valence-electron chi connectivity index (χ1n) is 3.31. The Morgan fingerprint density at radius 2 is 2.00 bits per heavy atom. The van der Waals surface area contributed by atoms with Crippen LogP contribution in [0.4, 0.5) is 0 Å². The summed E-state index contributed by atoms with van der Waals surface area (Å²) in [5, 5.41) is 2.28. The molecule has 0 atom stereocenters. The van der Waals surface area contributed by atoms with Crippen LogP contribution >= 0.6 is 46.7 Å². The van der Waals surface area contributed by atoms with Crippen LogP contribution in [0.1, 0.15) is 0 Å². The third kappa shape index (κ3) is 3.09. The van der Waals surface area contributed by atoms with E-state index in [4.69, 9.17) is 23.2 Å². The van der Waals surface area contributed by atoms with Crippen molar-refractivity contribution < 1.29 is 0 Å². The second kappa shape index (κ2) is 5.28. The predicted molar refractivity (Wildman–Crippen MR) is 60.7 cm³/mol. The lowest BCUT2D eigenvalue weighted by Gasteiger charge is -2.00.